The lowest BCUT2D eigenvalue weighted by Gasteiger charge is -2.15. The van der Waals surface area contributed by atoms with Crippen LogP contribution in [0.3, 0.4) is 0 Å². The highest BCUT2D eigenvalue weighted by atomic mass is 32.1. The van der Waals surface area contributed by atoms with Gasteiger partial charge in [0.25, 0.3) is 0 Å². The van der Waals surface area contributed by atoms with Crippen molar-refractivity contribution in [3.63, 3.8) is 0 Å². The van der Waals surface area contributed by atoms with E-state index in [4.69, 9.17) is 10.4 Å². The van der Waals surface area contributed by atoms with Crippen molar-refractivity contribution in [1.29, 1.82) is 5.26 Å². The first kappa shape index (κ1) is 15.8. The monoisotopic (exact) mass is 340 g/mol. The van der Waals surface area contributed by atoms with Gasteiger partial charge < -0.3 is 5.11 Å². The van der Waals surface area contributed by atoms with E-state index in [1.807, 2.05) is 19.9 Å². The van der Waals surface area contributed by atoms with E-state index in [2.05, 4.69) is 31.3 Å². The number of fused-ring (bicyclic) bond motifs is 1. The molecule has 8 nitrogen and oxygen atoms in total. The van der Waals surface area contributed by atoms with Crippen molar-refractivity contribution < 1.29 is 9.90 Å². The van der Waals surface area contributed by atoms with Gasteiger partial charge in [-0.25, -0.2) is 14.8 Å². The maximum Gasteiger partial charge on any atom is 0.410 e. The summed E-state index contributed by atoms with van der Waals surface area (Å²) in [4.78, 5) is 28.2. The Morgan fingerprint density at radius 1 is 1.25 bits per heavy atom. The second-order valence-corrected chi connectivity index (χ2v) is 6.48. The van der Waals surface area contributed by atoms with Gasteiger partial charge in [-0.05, 0) is 25.5 Å². The van der Waals surface area contributed by atoms with Crippen LogP contribution in [0, 0.1) is 11.3 Å². The van der Waals surface area contributed by atoms with Crippen LogP contribution < -0.4 is 5.32 Å². The Morgan fingerprint density at radius 2 is 2.04 bits per heavy atom. The molecule has 0 saturated heterocycles. The molecule has 0 atom stereocenters. The number of rotatable bonds is 3. The quantitative estimate of drug-likeness (QED) is 0.750. The van der Waals surface area contributed by atoms with Crippen LogP contribution in [0.15, 0.2) is 24.5 Å². The number of pyridine rings is 1. The first-order chi connectivity index (χ1) is 11.4. The molecule has 2 N–H and O–H groups in total. The lowest BCUT2D eigenvalue weighted by Crippen LogP contribution is -2.14. The molecule has 0 saturated carbocycles. The summed E-state index contributed by atoms with van der Waals surface area (Å²) in [6.07, 6.45) is 1.99. The Labute approximate surface area is 140 Å². The van der Waals surface area contributed by atoms with Crippen molar-refractivity contribution in [2.24, 2.45) is 0 Å². The fourth-order valence-corrected chi connectivity index (χ4v) is 2.76. The molecular formula is C15H12N6O2S. The minimum atomic E-state index is -1.19. The lowest BCUT2D eigenvalue weighted by molar-refractivity contribution is 0.209. The molecule has 0 aliphatic heterocycles. The lowest BCUT2D eigenvalue weighted by atomic mass is 9.87. The number of hydrogen-bond acceptors (Lipinski definition) is 7. The maximum absolute atomic E-state index is 10.7. The van der Waals surface area contributed by atoms with Crippen molar-refractivity contribution in [1.82, 2.24) is 19.9 Å². The van der Waals surface area contributed by atoms with Crippen LogP contribution in [0.5, 0.6) is 0 Å². The number of hydrogen-bond donors (Lipinski definition) is 2. The van der Waals surface area contributed by atoms with Gasteiger partial charge in [0.05, 0.1) is 23.4 Å². The normalized spacial score (nSPS) is 11.2. The van der Waals surface area contributed by atoms with Gasteiger partial charge in [-0.1, -0.05) is 17.4 Å². The van der Waals surface area contributed by atoms with E-state index in [-0.39, 0.29) is 5.13 Å². The van der Waals surface area contributed by atoms with Gasteiger partial charge in [-0.2, -0.15) is 10.2 Å². The molecule has 0 spiro atoms. The van der Waals surface area contributed by atoms with E-state index in [0.29, 0.717) is 21.9 Å². The van der Waals surface area contributed by atoms with Gasteiger partial charge in [0.2, 0.25) is 0 Å². The summed E-state index contributed by atoms with van der Waals surface area (Å²) in [5.41, 5.74) is 1.73. The number of nitriles is 1. The summed E-state index contributed by atoms with van der Waals surface area (Å²) >= 11 is 1.10. The van der Waals surface area contributed by atoms with Crippen LogP contribution >= 0.6 is 11.3 Å². The fourth-order valence-electron chi connectivity index (χ4n) is 1.97. The highest BCUT2D eigenvalue weighted by Crippen LogP contribution is 2.26. The summed E-state index contributed by atoms with van der Waals surface area (Å²) in [6, 6.07) is 5.84. The van der Waals surface area contributed by atoms with Crippen molar-refractivity contribution >= 4 is 33.0 Å². The Morgan fingerprint density at radius 3 is 2.67 bits per heavy atom. The zero-order valence-electron chi connectivity index (χ0n) is 12.8. The molecule has 0 aromatic carbocycles. The summed E-state index contributed by atoms with van der Waals surface area (Å²) in [6.45, 7) is 3.65. The topological polar surface area (TPSA) is 125 Å². The molecule has 0 aliphatic carbocycles. The molecule has 3 rings (SSSR count). The number of amides is 1. The van der Waals surface area contributed by atoms with Crippen molar-refractivity contribution in [3.8, 4) is 17.5 Å². The number of nitrogens with zero attached hydrogens (tertiary/aromatic N) is 5. The average Bonchev–Trinajstić information content (AvgIpc) is 2.95. The summed E-state index contributed by atoms with van der Waals surface area (Å²) in [5.74, 6) is 0. The third-order valence-corrected chi connectivity index (χ3v) is 4.22. The first-order valence-corrected chi connectivity index (χ1v) is 7.72. The van der Waals surface area contributed by atoms with Gasteiger partial charge >= 0.3 is 6.09 Å². The number of carbonyl (C=O) groups is 1. The molecule has 0 fully saturated rings. The van der Waals surface area contributed by atoms with Gasteiger partial charge in [0, 0.05) is 6.20 Å². The first-order valence-electron chi connectivity index (χ1n) is 6.91. The second kappa shape index (κ2) is 5.82. The predicted octanol–water partition coefficient (Wildman–Crippen LogP) is 3.04. The third kappa shape index (κ3) is 3.00. The number of thiazole rings is 1. The predicted molar refractivity (Wildman–Crippen MR) is 88.7 cm³/mol. The Kier molecular flexibility index (Phi) is 3.83. The molecule has 120 valence electrons. The molecule has 0 bridgehead atoms. The summed E-state index contributed by atoms with van der Waals surface area (Å²) in [5, 5.41) is 20.3. The number of carboxylic acid groups (broad SMARTS) is 1. The third-order valence-electron chi connectivity index (χ3n) is 3.36. The Hall–Kier alpha value is -3.12. The minimum absolute atomic E-state index is 0.216. The van der Waals surface area contributed by atoms with Gasteiger partial charge in [-0.3, -0.25) is 10.3 Å². The largest absolute Gasteiger partial charge is 0.465 e. The van der Waals surface area contributed by atoms with Crippen LogP contribution in [0.25, 0.3) is 21.9 Å². The standard InChI is InChI=1S/C15H12N6O2S/c1-15(2,7-16)8-3-4-9(17-5-8)10-6-18-11-12(19-10)24-13(20-11)21-14(22)23/h3-6H,1-2H3,(H,22,23)(H,18,20,21). The van der Waals surface area contributed by atoms with Gasteiger partial charge in [-0.15, -0.1) is 0 Å². The molecule has 3 heterocycles. The van der Waals surface area contributed by atoms with Crippen molar-refractivity contribution in [2.75, 3.05) is 5.32 Å². The summed E-state index contributed by atoms with van der Waals surface area (Å²) < 4.78 is 0. The minimum Gasteiger partial charge on any atom is -0.465 e. The number of nitrogens with one attached hydrogen (secondary N) is 1. The summed E-state index contributed by atoms with van der Waals surface area (Å²) in [7, 11) is 0. The molecule has 0 radical (unpaired) electrons. The Balaban J connectivity index is 1.94. The zero-order chi connectivity index (χ0) is 17.3. The van der Waals surface area contributed by atoms with E-state index >= 15 is 0 Å². The smallest absolute Gasteiger partial charge is 0.410 e. The van der Waals surface area contributed by atoms with Gasteiger partial charge in [0.1, 0.15) is 5.69 Å². The molecule has 3 aromatic rings. The van der Waals surface area contributed by atoms with Crippen LogP contribution in [0.4, 0.5) is 9.93 Å². The van der Waals surface area contributed by atoms with Crippen LogP contribution in [-0.4, -0.2) is 31.1 Å². The van der Waals surface area contributed by atoms with Gasteiger partial charge in [0.15, 0.2) is 15.6 Å². The van der Waals surface area contributed by atoms with Crippen LogP contribution in [0.1, 0.15) is 19.4 Å². The van der Waals surface area contributed by atoms with E-state index in [1.165, 1.54) is 6.20 Å². The molecule has 9 heteroatoms. The SMILES string of the molecule is CC(C)(C#N)c1ccc(-c2cnc3nc(NC(=O)O)sc3n2)nc1. The Bertz CT molecular complexity index is 958. The zero-order valence-corrected chi connectivity index (χ0v) is 13.6. The second-order valence-electron chi connectivity index (χ2n) is 5.50. The highest BCUT2D eigenvalue weighted by Gasteiger charge is 2.20. The number of anilines is 1. The fraction of sp³-hybridized carbons (Fsp3) is 0.200. The van der Waals surface area contributed by atoms with Crippen LogP contribution in [-0.2, 0) is 5.41 Å². The molecule has 3 aromatic heterocycles. The average molecular weight is 340 g/mol. The van der Waals surface area contributed by atoms with E-state index < -0.39 is 11.5 Å². The van der Waals surface area contributed by atoms with E-state index in [0.717, 1.165) is 16.9 Å². The van der Waals surface area contributed by atoms with E-state index in [1.54, 1.807) is 12.3 Å². The molecule has 0 unspecified atom stereocenters. The number of aromatic nitrogens is 4. The highest BCUT2D eigenvalue weighted by molar-refractivity contribution is 7.21. The van der Waals surface area contributed by atoms with Crippen LogP contribution in [0.2, 0.25) is 0 Å². The van der Waals surface area contributed by atoms with Crippen molar-refractivity contribution in [3.05, 3.63) is 30.1 Å². The molecular weight excluding hydrogens is 328 g/mol. The molecule has 1 amide bonds. The maximum atomic E-state index is 10.7. The molecule has 0 aliphatic rings. The van der Waals surface area contributed by atoms with E-state index in [9.17, 15) is 4.79 Å². The van der Waals surface area contributed by atoms with Crippen molar-refractivity contribution in [2.45, 2.75) is 19.3 Å². The molecule has 24 heavy (non-hydrogen) atoms.